The van der Waals surface area contributed by atoms with Crippen molar-refractivity contribution < 1.29 is 17.9 Å². The molecule has 1 N–H and O–H groups in total. The number of aryl methyl sites for hydroxylation is 1. The largest absolute Gasteiger partial charge is 0.487 e. The first-order valence-corrected chi connectivity index (χ1v) is 16.4. The first kappa shape index (κ1) is 27.8. The van der Waals surface area contributed by atoms with E-state index in [2.05, 4.69) is 26.5 Å². The molecule has 2 atom stereocenters. The Balaban J connectivity index is 1.38. The third kappa shape index (κ3) is 5.84. The molecule has 0 aromatic heterocycles. The van der Waals surface area contributed by atoms with Crippen molar-refractivity contribution in [2.75, 3.05) is 44.7 Å². The van der Waals surface area contributed by atoms with E-state index in [1.165, 1.54) is 18.4 Å². The summed E-state index contributed by atoms with van der Waals surface area (Å²) < 4.78 is 35.5. The molecule has 1 saturated carbocycles. The third-order valence-electron chi connectivity index (χ3n) is 9.36. The number of hydrogen-bond acceptors (Lipinski definition) is 7. The Hall–Kier alpha value is -2.33. The van der Waals surface area contributed by atoms with Gasteiger partial charge in [-0.3, -0.25) is 9.69 Å². The zero-order chi connectivity index (χ0) is 27.9. The van der Waals surface area contributed by atoms with E-state index < -0.39 is 15.9 Å². The second-order valence-electron chi connectivity index (χ2n) is 11.8. The summed E-state index contributed by atoms with van der Waals surface area (Å²) in [6.45, 7) is 3.71. The van der Waals surface area contributed by atoms with E-state index in [-0.39, 0.29) is 11.4 Å². The minimum absolute atomic E-state index is 0.0864. The van der Waals surface area contributed by atoms with Gasteiger partial charge in [0.15, 0.2) is 0 Å². The summed E-state index contributed by atoms with van der Waals surface area (Å²) in [5.41, 5.74) is 3.06. The molecule has 2 aromatic carbocycles. The molecule has 40 heavy (non-hydrogen) atoms. The lowest BCUT2D eigenvalue weighted by atomic mass is 9.77. The second kappa shape index (κ2) is 11.5. The van der Waals surface area contributed by atoms with Crippen molar-refractivity contribution in [2.24, 2.45) is 5.92 Å². The van der Waals surface area contributed by atoms with Gasteiger partial charge in [0.1, 0.15) is 12.4 Å². The fourth-order valence-corrected chi connectivity index (χ4v) is 8.06. The maximum atomic E-state index is 13.4. The average molecular weight is 587 g/mol. The Morgan fingerprint density at radius 2 is 1.80 bits per heavy atom. The summed E-state index contributed by atoms with van der Waals surface area (Å²) in [4.78, 5) is 19.9. The van der Waals surface area contributed by atoms with Gasteiger partial charge in [0, 0.05) is 43.3 Å². The van der Waals surface area contributed by atoms with Gasteiger partial charge in [-0.25, -0.2) is 13.1 Å². The van der Waals surface area contributed by atoms with Crippen molar-refractivity contribution in [1.82, 2.24) is 14.5 Å². The van der Waals surface area contributed by atoms with Gasteiger partial charge in [0.2, 0.25) is 5.91 Å². The molecule has 4 heterocycles. The number of amides is 1. The number of halogens is 1. The number of anilines is 1. The van der Waals surface area contributed by atoms with Crippen LogP contribution in [-0.4, -0.2) is 76.0 Å². The highest BCUT2D eigenvalue weighted by Gasteiger charge is 2.39. The molecule has 1 saturated heterocycles. The van der Waals surface area contributed by atoms with Crippen LogP contribution < -0.4 is 14.4 Å². The summed E-state index contributed by atoms with van der Waals surface area (Å²) in [6.07, 6.45) is 7.22. The van der Waals surface area contributed by atoms with E-state index in [0.717, 1.165) is 74.6 Å². The predicted octanol–water partition coefficient (Wildman–Crippen LogP) is 4.06. The molecular formula is C30H39ClN4O4S. The van der Waals surface area contributed by atoms with Crippen LogP contribution in [-0.2, 0) is 27.8 Å². The average Bonchev–Trinajstić information content (AvgIpc) is 2.93. The van der Waals surface area contributed by atoms with E-state index in [1.807, 2.05) is 18.2 Å². The van der Waals surface area contributed by atoms with Crippen LogP contribution in [0.5, 0.6) is 5.75 Å². The Kier molecular flexibility index (Phi) is 8.00. The summed E-state index contributed by atoms with van der Waals surface area (Å²) in [6, 6.07) is 11.9. The van der Waals surface area contributed by atoms with Crippen molar-refractivity contribution >= 4 is 33.2 Å². The number of piperidine rings is 1. The van der Waals surface area contributed by atoms with Crippen molar-refractivity contribution in [3.05, 3.63) is 52.5 Å². The number of carbonyl (C=O) groups is 1. The van der Waals surface area contributed by atoms with Crippen LogP contribution in [0.25, 0.3) is 0 Å². The zero-order valence-corrected chi connectivity index (χ0v) is 24.7. The minimum Gasteiger partial charge on any atom is -0.487 e. The molecule has 8 nitrogen and oxygen atoms in total. The lowest BCUT2D eigenvalue weighted by Crippen LogP contribution is -2.55. The minimum atomic E-state index is -4.03. The monoisotopic (exact) mass is 586 g/mol. The molecule has 2 fully saturated rings. The Morgan fingerprint density at radius 1 is 0.975 bits per heavy atom. The van der Waals surface area contributed by atoms with Crippen molar-refractivity contribution in [2.45, 2.75) is 68.5 Å². The molecule has 2 aromatic rings. The fourth-order valence-electron chi connectivity index (χ4n) is 6.87. The highest BCUT2D eigenvalue weighted by molar-refractivity contribution is 7.90. The molecular weight excluding hydrogens is 548 g/mol. The van der Waals surface area contributed by atoms with Crippen LogP contribution in [0.2, 0.25) is 5.02 Å². The number of hydrogen-bond donors (Lipinski definition) is 1. The number of ether oxygens (including phenoxy) is 1. The first-order chi connectivity index (χ1) is 19.3. The molecule has 4 aliphatic heterocycles. The van der Waals surface area contributed by atoms with Crippen LogP contribution in [0, 0.1) is 5.92 Å². The molecule has 10 heteroatoms. The van der Waals surface area contributed by atoms with Crippen molar-refractivity contribution in [3.63, 3.8) is 0 Å². The van der Waals surface area contributed by atoms with E-state index in [0.29, 0.717) is 30.4 Å². The molecule has 0 unspecified atom stereocenters. The number of fused-ring (bicyclic) bond motifs is 6. The maximum Gasteiger partial charge on any atom is 0.264 e. The number of sulfonamides is 1. The normalized spacial score (nSPS) is 29.1. The van der Waals surface area contributed by atoms with Crippen LogP contribution in [0.3, 0.4) is 0 Å². The van der Waals surface area contributed by atoms with Gasteiger partial charge >= 0.3 is 0 Å². The van der Waals surface area contributed by atoms with Gasteiger partial charge in [-0.1, -0.05) is 17.7 Å². The van der Waals surface area contributed by atoms with Crippen molar-refractivity contribution in [3.8, 4) is 5.75 Å². The maximum absolute atomic E-state index is 13.4. The molecule has 7 rings (SSSR count). The number of nitrogens with zero attached hydrogens (tertiary/aromatic N) is 3. The van der Waals surface area contributed by atoms with E-state index in [4.69, 9.17) is 16.3 Å². The van der Waals surface area contributed by atoms with Crippen LogP contribution in [0.15, 0.2) is 41.3 Å². The summed E-state index contributed by atoms with van der Waals surface area (Å²) >= 11 is 6.31. The van der Waals surface area contributed by atoms with Gasteiger partial charge in [-0.05, 0) is 99.4 Å². The molecule has 1 aliphatic carbocycles. The molecule has 0 spiro atoms. The van der Waals surface area contributed by atoms with Crippen LogP contribution >= 0.6 is 11.6 Å². The molecule has 1 amide bonds. The quantitative estimate of drug-likeness (QED) is 0.499. The highest BCUT2D eigenvalue weighted by atomic mass is 35.5. The summed E-state index contributed by atoms with van der Waals surface area (Å²) in [7, 11) is -1.76. The van der Waals surface area contributed by atoms with Crippen LogP contribution in [0.4, 0.5) is 5.69 Å². The first-order valence-electron chi connectivity index (χ1n) is 14.6. The lowest BCUT2D eigenvalue weighted by Gasteiger charge is -2.49. The zero-order valence-electron chi connectivity index (χ0n) is 23.1. The van der Waals surface area contributed by atoms with Gasteiger partial charge in [0.05, 0.1) is 17.1 Å². The second-order valence-corrected chi connectivity index (χ2v) is 14.0. The SMILES string of the molecule is CN1C2CCN(CC2)CC(=O)NS(=O)(=O)c2ccc3c(c2)N(CCCCc2cc(Cl)ccc2CO3)C[C@@H]2CC[C@H]21. The standard InChI is InChI=1S/C30H39ClN4O4S/c1-33-25-11-14-34(15-12-25)19-30(36)32-40(37,38)26-8-10-29-28(17-26)35(18-22-6-9-27(22)33)13-3-2-4-21-16-24(31)7-5-23(21)20-39-29/h5,7-8,10,16-17,22,25,27H,2-4,6,9,11-15,18-20H2,1H3,(H,32,36)/t22-,27+/m0/s1. The van der Waals surface area contributed by atoms with E-state index in [9.17, 15) is 13.2 Å². The number of rotatable bonds is 0. The third-order valence-corrected chi connectivity index (χ3v) is 11.0. The summed E-state index contributed by atoms with van der Waals surface area (Å²) in [5.74, 6) is 0.673. The van der Waals surface area contributed by atoms with E-state index in [1.54, 1.807) is 18.2 Å². The molecule has 0 radical (unpaired) electrons. The fraction of sp³-hybridized carbons (Fsp3) is 0.567. The molecule has 5 aliphatic rings. The smallest absolute Gasteiger partial charge is 0.264 e. The Bertz CT molecular complexity index is 1360. The van der Waals surface area contributed by atoms with E-state index >= 15 is 0 Å². The summed E-state index contributed by atoms with van der Waals surface area (Å²) in [5, 5.41) is 0.724. The number of benzene rings is 2. The molecule has 4 bridgehead atoms. The predicted molar refractivity (Wildman–Crippen MR) is 156 cm³/mol. The van der Waals surface area contributed by atoms with Crippen molar-refractivity contribution in [1.29, 1.82) is 0 Å². The molecule has 216 valence electrons. The Labute approximate surface area is 242 Å². The van der Waals surface area contributed by atoms with Gasteiger partial charge < -0.3 is 14.5 Å². The highest BCUT2D eigenvalue weighted by Crippen LogP contribution is 2.39. The van der Waals surface area contributed by atoms with Gasteiger partial charge in [0.25, 0.3) is 10.0 Å². The van der Waals surface area contributed by atoms with Gasteiger partial charge in [-0.2, -0.15) is 0 Å². The number of nitrogens with one attached hydrogen (secondary N) is 1. The van der Waals surface area contributed by atoms with Gasteiger partial charge in [-0.15, -0.1) is 0 Å². The Morgan fingerprint density at radius 3 is 2.58 bits per heavy atom. The van der Waals surface area contributed by atoms with Crippen LogP contribution in [0.1, 0.15) is 49.7 Å². The number of carbonyl (C=O) groups excluding carboxylic acids is 1. The topological polar surface area (TPSA) is 82.2 Å². The lowest BCUT2D eigenvalue weighted by molar-refractivity contribution is -0.120.